The third-order valence-electron chi connectivity index (χ3n) is 2.52. The van der Waals surface area contributed by atoms with E-state index < -0.39 is 0 Å². The molecule has 0 aliphatic rings. The van der Waals surface area contributed by atoms with Crippen LogP contribution in [0.5, 0.6) is 5.75 Å². The molecule has 1 aromatic carbocycles. The van der Waals surface area contributed by atoms with Gasteiger partial charge in [0.2, 0.25) is 0 Å². The van der Waals surface area contributed by atoms with Gasteiger partial charge in [-0.25, -0.2) is 0 Å². The normalized spacial score (nSPS) is 11.6. The van der Waals surface area contributed by atoms with Gasteiger partial charge in [-0.1, -0.05) is 26.8 Å². The Morgan fingerprint density at radius 3 is 2.20 bits per heavy atom. The molecule has 0 spiro atoms. The van der Waals surface area contributed by atoms with Gasteiger partial charge in [0.1, 0.15) is 5.75 Å². The van der Waals surface area contributed by atoms with Crippen LogP contribution in [0.3, 0.4) is 0 Å². The van der Waals surface area contributed by atoms with E-state index in [4.69, 9.17) is 4.74 Å². The van der Waals surface area contributed by atoms with Gasteiger partial charge in [-0.3, -0.25) is 0 Å². The maximum atomic E-state index is 5.46. The summed E-state index contributed by atoms with van der Waals surface area (Å²) in [5.41, 5.74) is 2.74. The molecule has 0 saturated heterocycles. The largest absolute Gasteiger partial charge is 0.496 e. The third-order valence-corrected chi connectivity index (χ3v) is 3.40. The Bertz CT molecular complexity index is 350. The van der Waals surface area contributed by atoms with E-state index in [0.717, 1.165) is 5.75 Å². The lowest BCUT2D eigenvalue weighted by atomic mass is 9.85. The Hall–Kier alpha value is -0.630. The molecule has 0 N–H and O–H groups in total. The first-order valence-electron chi connectivity index (χ1n) is 5.13. The van der Waals surface area contributed by atoms with Crippen LogP contribution in [0, 0.1) is 6.92 Å². The van der Waals surface area contributed by atoms with Crippen LogP contribution in [0.25, 0.3) is 0 Å². The van der Waals surface area contributed by atoms with Crippen LogP contribution in [-0.4, -0.2) is 13.4 Å². The summed E-state index contributed by atoms with van der Waals surface area (Å²) in [6, 6.07) is 4.38. The molecule has 0 aliphatic heterocycles. The molecular weight excluding hydrogens is 204 g/mol. The van der Waals surface area contributed by atoms with Crippen LogP contribution in [0.4, 0.5) is 0 Å². The first-order chi connectivity index (χ1) is 6.90. The van der Waals surface area contributed by atoms with Gasteiger partial charge >= 0.3 is 0 Å². The summed E-state index contributed by atoms with van der Waals surface area (Å²) in [7, 11) is 1.74. The molecule has 0 bridgehead atoms. The second kappa shape index (κ2) is 4.48. The van der Waals surface area contributed by atoms with Gasteiger partial charge in [-0.2, -0.15) is 0 Å². The van der Waals surface area contributed by atoms with Crippen LogP contribution >= 0.6 is 11.8 Å². The van der Waals surface area contributed by atoms with Crippen molar-refractivity contribution in [3.05, 3.63) is 23.3 Å². The lowest BCUT2D eigenvalue weighted by molar-refractivity contribution is 0.396. The smallest absolute Gasteiger partial charge is 0.123 e. The number of hydrogen-bond acceptors (Lipinski definition) is 2. The first kappa shape index (κ1) is 12.4. The molecule has 0 aromatic heterocycles. The monoisotopic (exact) mass is 224 g/mol. The maximum Gasteiger partial charge on any atom is 0.123 e. The molecule has 1 rings (SSSR count). The van der Waals surface area contributed by atoms with Crippen molar-refractivity contribution in [2.75, 3.05) is 13.4 Å². The highest BCUT2D eigenvalue weighted by molar-refractivity contribution is 7.98. The number of methoxy groups -OCH3 is 1. The van der Waals surface area contributed by atoms with Crippen molar-refractivity contribution >= 4 is 11.8 Å². The summed E-state index contributed by atoms with van der Waals surface area (Å²) in [5.74, 6) is 0.998. The van der Waals surface area contributed by atoms with E-state index >= 15 is 0 Å². The molecular formula is C13H20OS. The van der Waals surface area contributed by atoms with Gasteiger partial charge in [0, 0.05) is 4.90 Å². The van der Waals surface area contributed by atoms with Crippen molar-refractivity contribution < 1.29 is 4.74 Å². The zero-order chi connectivity index (χ0) is 11.6. The van der Waals surface area contributed by atoms with Gasteiger partial charge in [0.05, 0.1) is 7.11 Å². The van der Waals surface area contributed by atoms with Crippen molar-refractivity contribution in [2.45, 2.75) is 38.0 Å². The average Bonchev–Trinajstić information content (AvgIpc) is 2.16. The number of ether oxygens (including phenoxy) is 1. The highest BCUT2D eigenvalue weighted by atomic mass is 32.2. The molecule has 2 heteroatoms. The van der Waals surface area contributed by atoms with Gasteiger partial charge < -0.3 is 4.74 Å². The van der Waals surface area contributed by atoms with E-state index in [0.29, 0.717) is 0 Å². The molecule has 0 saturated carbocycles. The molecule has 84 valence electrons. The molecule has 0 atom stereocenters. The van der Waals surface area contributed by atoms with Gasteiger partial charge in [0.15, 0.2) is 0 Å². The minimum atomic E-state index is 0.132. The van der Waals surface area contributed by atoms with E-state index in [2.05, 4.69) is 46.1 Å². The van der Waals surface area contributed by atoms with E-state index in [1.54, 1.807) is 18.9 Å². The average molecular weight is 224 g/mol. The predicted molar refractivity (Wildman–Crippen MR) is 68.2 cm³/mol. The lowest BCUT2D eigenvalue weighted by Crippen LogP contribution is -2.13. The van der Waals surface area contributed by atoms with Gasteiger partial charge in [-0.15, -0.1) is 11.8 Å². The Kier molecular flexibility index (Phi) is 3.72. The number of aryl methyl sites for hydroxylation is 1. The van der Waals surface area contributed by atoms with Crippen LogP contribution in [0.2, 0.25) is 0 Å². The molecule has 0 radical (unpaired) electrons. The molecule has 0 amide bonds. The summed E-state index contributed by atoms with van der Waals surface area (Å²) in [5, 5.41) is 0. The number of thioether (sulfide) groups is 1. The maximum absolute atomic E-state index is 5.46. The topological polar surface area (TPSA) is 9.23 Å². The number of rotatable bonds is 2. The van der Waals surface area contributed by atoms with Crippen molar-refractivity contribution in [2.24, 2.45) is 0 Å². The summed E-state index contributed by atoms with van der Waals surface area (Å²) in [6.45, 7) is 8.79. The van der Waals surface area contributed by atoms with Crippen molar-refractivity contribution in [1.29, 1.82) is 0 Å². The van der Waals surface area contributed by atoms with Crippen LogP contribution < -0.4 is 4.74 Å². The zero-order valence-corrected chi connectivity index (χ0v) is 11.3. The summed E-state index contributed by atoms with van der Waals surface area (Å²) >= 11 is 1.76. The molecule has 0 unspecified atom stereocenters. The Morgan fingerprint density at radius 2 is 1.80 bits per heavy atom. The fraction of sp³-hybridized carbons (Fsp3) is 0.538. The number of hydrogen-bond donors (Lipinski definition) is 0. The van der Waals surface area contributed by atoms with Crippen LogP contribution in [0.15, 0.2) is 17.0 Å². The summed E-state index contributed by atoms with van der Waals surface area (Å²) < 4.78 is 5.46. The minimum absolute atomic E-state index is 0.132. The fourth-order valence-corrected chi connectivity index (χ4v) is 2.25. The molecule has 15 heavy (non-hydrogen) atoms. The second-order valence-electron chi connectivity index (χ2n) is 4.77. The standard InChI is InChI=1S/C13H20OS/c1-9-7-10(13(2,3)4)11(14-5)8-12(9)15-6/h7-8H,1-6H3. The third kappa shape index (κ3) is 2.69. The van der Waals surface area contributed by atoms with E-state index in [1.165, 1.54) is 16.0 Å². The van der Waals surface area contributed by atoms with Crippen molar-refractivity contribution in [3.63, 3.8) is 0 Å². The second-order valence-corrected chi connectivity index (χ2v) is 5.62. The molecule has 1 aromatic rings. The highest BCUT2D eigenvalue weighted by Crippen LogP contribution is 2.35. The zero-order valence-electron chi connectivity index (χ0n) is 10.5. The Morgan fingerprint density at radius 1 is 1.20 bits per heavy atom. The quantitative estimate of drug-likeness (QED) is 0.702. The molecule has 1 nitrogen and oxygen atoms in total. The first-order valence-corrected chi connectivity index (χ1v) is 6.35. The minimum Gasteiger partial charge on any atom is -0.496 e. The van der Waals surface area contributed by atoms with Crippen LogP contribution in [0.1, 0.15) is 31.9 Å². The van der Waals surface area contributed by atoms with E-state index in [9.17, 15) is 0 Å². The van der Waals surface area contributed by atoms with E-state index in [-0.39, 0.29) is 5.41 Å². The van der Waals surface area contributed by atoms with E-state index in [1.807, 2.05) is 0 Å². The lowest BCUT2D eigenvalue weighted by Gasteiger charge is -2.23. The molecule has 0 aliphatic carbocycles. The fourth-order valence-electron chi connectivity index (χ4n) is 1.64. The number of benzene rings is 1. The van der Waals surface area contributed by atoms with Gasteiger partial charge in [0.25, 0.3) is 0 Å². The van der Waals surface area contributed by atoms with Gasteiger partial charge in [-0.05, 0) is 35.8 Å². The molecule has 0 fully saturated rings. The SMILES string of the molecule is COc1cc(SC)c(C)cc1C(C)(C)C. The highest BCUT2D eigenvalue weighted by Gasteiger charge is 2.19. The van der Waals surface area contributed by atoms with Crippen molar-refractivity contribution in [3.8, 4) is 5.75 Å². The predicted octanol–water partition coefficient (Wildman–Crippen LogP) is 4.02. The molecule has 0 heterocycles. The van der Waals surface area contributed by atoms with Crippen LogP contribution in [-0.2, 0) is 5.41 Å². The summed E-state index contributed by atoms with van der Waals surface area (Å²) in [4.78, 5) is 1.29. The van der Waals surface area contributed by atoms with Crippen molar-refractivity contribution in [1.82, 2.24) is 0 Å². The Balaban J connectivity index is 3.34. The summed E-state index contributed by atoms with van der Waals surface area (Å²) in [6.07, 6.45) is 2.10. The Labute approximate surface area is 97.2 Å².